The van der Waals surface area contributed by atoms with Gasteiger partial charge in [-0.15, -0.1) is 10.2 Å². The minimum atomic E-state index is -0.394. The van der Waals surface area contributed by atoms with Crippen molar-refractivity contribution in [2.75, 3.05) is 5.32 Å². The summed E-state index contributed by atoms with van der Waals surface area (Å²) in [4.78, 5) is 12.3. The highest BCUT2D eigenvalue weighted by atomic mass is 35.5. The smallest absolute Gasteiger partial charge is 0.238 e. The molecule has 27 heavy (non-hydrogen) atoms. The first-order chi connectivity index (χ1) is 12.9. The first-order valence-electron chi connectivity index (χ1n) is 8.10. The van der Waals surface area contributed by atoms with E-state index < -0.39 is 5.25 Å². The van der Waals surface area contributed by atoms with E-state index in [1.807, 2.05) is 7.05 Å². The van der Waals surface area contributed by atoms with Crippen LogP contribution in [-0.2, 0) is 18.4 Å². The molecule has 3 rings (SSSR count). The Morgan fingerprint density at radius 1 is 1.37 bits per heavy atom. The number of aromatic nitrogens is 4. The molecule has 1 N–H and O–H groups in total. The van der Waals surface area contributed by atoms with Crippen molar-refractivity contribution in [3.8, 4) is 5.75 Å². The van der Waals surface area contributed by atoms with E-state index in [1.165, 1.54) is 11.8 Å². The molecular weight excluding hydrogens is 390 g/mol. The summed E-state index contributed by atoms with van der Waals surface area (Å²) in [6, 6.07) is 8.74. The minimum absolute atomic E-state index is 0.199. The largest absolute Gasteiger partial charge is 0.486 e. The number of amides is 1. The first kappa shape index (κ1) is 19.2. The molecule has 0 saturated heterocycles. The van der Waals surface area contributed by atoms with Crippen LogP contribution in [0.3, 0.4) is 0 Å². The number of carbonyl (C=O) groups is 1. The number of benzene rings is 1. The monoisotopic (exact) mass is 407 g/mol. The van der Waals surface area contributed by atoms with Crippen molar-refractivity contribution < 1.29 is 14.1 Å². The van der Waals surface area contributed by atoms with E-state index in [9.17, 15) is 4.79 Å². The summed E-state index contributed by atoms with van der Waals surface area (Å²) in [6.45, 7) is 3.80. The van der Waals surface area contributed by atoms with Gasteiger partial charge >= 0.3 is 0 Å². The van der Waals surface area contributed by atoms with Gasteiger partial charge in [0.25, 0.3) is 0 Å². The summed E-state index contributed by atoms with van der Waals surface area (Å²) < 4.78 is 12.4. The van der Waals surface area contributed by atoms with Crippen molar-refractivity contribution in [1.29, 1.82) is 0 Å². The highest BCUT2D eigenvalue weighted by molar-refractivity contribution is 8.00. The molecule has 10 heteroatoms. The minimum Gasteiger partial charge on any atom is -0.486 e. The van der Waals surface area contributed by atoms with E-state index in [0.717, 1.165) is 0 Å². The molecule has 0 fully saturated rings. The molecule has 0 unspecified atom stereocenters. The van der Waals surface area contributed by atoms with Crippen molar-refractivity contribution >= 4 is 35.1 Å². The number of aryl methyl sites for hydroxylation is 1. The van der Waals surface area contributed by atoms with Gasteiger partial charge < -0.3 is 19.1 Å². The number of hydrogen-bond acceptors (Lipinski definition) is 7. The zero-order chi connectivity index (χ0) is 19.4. The van der Waals surface area contributed by atoms with E-state index >= 15 is 0 Å². The maximum atomic E-state index is 12.3. The summed E-state index contributed by atoms with van der Waals surface area (Å²) >= 11 is 7.15. The summed E-state index contributed by atoms with van der Waals surface area (Å²) in [5, 5.41) is 15.6. The molecule has 0 aliphatic heterocycles. The van der Waals surface area contributed by atoms with Gasteiger partial charge in [0, 0.05) is 18.1 Å². The van der Waals surface area contributed by atoms with Crippen LogP contribution in [0.1, 0.15) is 18.5 Å². The van der Waals surface area contributed by atoms with Crippen molar-refractivity contribution in [2.24, 2.45) is 7.05 Å². The molecule has 0 aliphatic carbocycles. The van der Waals surface area contributed by atoms with E-state index in [4.69, 9.17) is 20.9 Å². The van der Waals surface area contributed by atoms with Crippen molar-refractivity contribution in [3.05, 3.63) is 46.9 Å². The topological polar surface area (TPSA) is 95.1 Å². The molecule has 142 valence electrons. The Bertz CT molecular complexity index is 925. The van der Waals surface area contributed by atoms with Crippen LogP contribution in [0.4, 0.5) is 5.82 Å². The molecule has 2 aromatic heterocycles. The molecule has 2 heterocycles. The predicted octanol–water partition coefficient (Wildman–Crippen LogP) is 3.46. The lowest BCUT2D eigenvalue weighted by atomic mass is 10.3. The van der Waals surface area contributed by atoms with Gasteiger partial charge in [-0.3, -0.25) is 4.79 Å². The van der Waals surface area contributed by atoms with Crippen molar-refractivity contribution in [2.45, 2.75) is 30.9 Å². The van der Waals surface area contributed by atoms with Gasteiger partial charge in [0.2, 0.25) is 5.91 Å². The van der Waals surface area contributed by atoms with Gasteiger partial charge in [0.1, 0.15) is 18.1 Å². The summed E-state index contributed by atoms with van der Waals surface area (Å²) in [6.07, 6.45) is 0. The molecule has 1 aromatic carbocycles. The average molecular weight is 408 g/mol. The molecule has 0 bridgehead atoms. The number of rotatable bonds is 7. The second-order valence-corrected chi connectivity index (χ2v) is 7.52. The Hall–Kier alpha value is -2.52. The quantitative estimate of drug-likeness (QED) is 0.599. The summed E-state index contributed by atoms with van der Waals surface area (Å²) in [7, 11) is 1.83. The molecule has 0 radical (unpaired) electrons. The van der Waals surface area contributed by atoms with Gasteiger partial charge in [-0.2, -0.15) is 0 Å². The van der Waals surface area contributed by atoms with Crippen LogP contribution in [0.25, 0.3) is 0 Å². The fourth-order valence-electron chi connectivity index (χ4n) is 2.12. The second kappa shape index (κ2) is 8.45. The van der Waals surface area contributed by atoms with Crippen LogP contribution in [0.5, 0.6) is 5.75 Å². The van der Waals surface area contributed by atoms with Crippen molar-refractivity contribution in [1.82, 2.24) is 19.9 Å². The molecular formula is C17H18ClN5O3S. The summed E-state index contributed by atoms with van der Waals surface area (Å²) in [5.41, 5.74) is 0. The zero-order valence-corrected chi connectivity index (χ0v) is 16.5. The van der Waals surface area contributed by atoms with E-state index in [1.54, 1.807) is 48.7 Å². The van der Waals surface area contributed by atoms with Crippen LogP contribution < -0.4 is 10.1 Å². The zero-order valence-electron chi connectivity index (χ0n) is 15.0. The Morgan fingerprint density at radius 2 is 2.11 bits per heavy atom. The molecule has 0 saturated carbocycles. The lowest BCUT2D eigenvalue weighted by molar-refractivity contribution is -0.115. The number of nitrogens with zero attached hydrogens (tertiary/aromatic N) is 4. The number of anilines is 1. The van der Waals surface area contributed by atoms with Crippen LogP contribution >= 0.6 is 23.4 Å². The fourth-order valence-corrected chi connectivity index (χ4v) is 3.08. The second-order valence-electron chi connectivity index (χ2n) is 5.77. The van der Waals surface area contributed by atoms with Gasteiger partial charge in [0.15, 0.2) is 16.8 Å². The standard InChI is InChI=1S/C17H18ClN5O3S/c1-10-8-14(22-26-10)19-16(24)11(2)27-17-21-20-15(23(17)3)9-25-13-6-4-12(18)5-7-13/h4-8,11H,9H2,1-3H3,(H,19,22,24)/t11-/m1/s1. The van der Waals surface area contributed by atoms with Gasteiger partial charge in [-0.1, -0.05) is 28.5 Å². The Morgan fingerprint density at radius 3 is 2.78 bits per heavy atom. The maximum Gasteiger partial charge on any atom is 0.238 e. The molecule has 1 atom stereocenters. The Balaban J connectivity index is 1.57. The predicted molar refractivity (Wildman–Crippen MR) is 102 cm³/mol. The normalized spacial score (nSPS) is 12.0. The molecule has 3 aromatic rings. The number of nitrogens with one attached hydrogen (secondary N) is 1. The Labute approximate surface area is 165 Å². The van der Waals surface area contributed by atoms with E-state index in [2.05, 4.69) is 20.7 Å². The molecule has 8 nitrogen and oxygen atoms in total. The highest BCUT2D eigenvalue weighted by Gasteiger charge is 2.20. The van der Waals surface area contributed by atoms with E-state index in [-0.39, 0.29) is 12.5 Å². The third-order valence-electron chi connectivity index (χ3n) is 3.64. The number of thioether (sulfide) groups is 1. The van der Waals surface area contributed by atoms with Crippen LogP contribution in [0.2, 0.25) is 5.02 Å². The van der Waals surface area contributed by atoms with Crippen LogP contribution in [0, 0.1) is 6.92 Å². The number of carbonyl (C=O) groups excluding carboxylic acids is 1. The number of hydrogen-bond donors (Lipinski definition) is 1. The lowest BCUT2D eigenvalue weighted by Crippen LogP contribution is -2.23. The molecule has 1 amide bonds. The van der Waals surface area contributed by atoms with Crippen LogP contribution in [0.15, 0.2) is 40.0 Å². The number of ether oxygens (including phenoxy) is 1. The lowest BCUT2D eigenvalue weighted by Gasteiger charge is -2.10. The first-order valence-corrected chi connectivity index (χ1v) is 9.35. The van der Waals surface area contributed by atoms with E-state index in [0.29, 0.717) is 33.3 Å². The van der Waals surface area contributed by atoms with Gasteiger partial charge in [-0.25, -0.2) is 0 Å². The molecule has 0 spiro atoms. The number of halogens is 1. The Kier molecular flexibility index (Phi) is 6.02. The highest BCUT2D eigenvalue weighted by Crippen LogP contribution is 2.23. The van der Waals surface area contributed by atoms with Crippen molar-refractivity contribution in [3.63, 3.8) is 0 Å². The average Bonchev–Trinajstić information content (AvgIpc) is 3.20. The fraction of sp³-hybridized carbons (Fsp3) is 0.294. The SMILES string of the molecule is Cc1cc(NC(=O)[C@@H](C)Sc2nnc(COc3ccc(Cl)cc3)n2C)no1. The maximum absolute atomic E-state index is 12.3. The summed E-state index contributed by atoms with van der Waals surface area (Å²) in [5.74, 6) is 2.15. The van der Waals surface area contributed by atoms with Gasteiger partial charge in [-0.05, 0) is 38.1 Å². The van der Waals surface area contributed by atoms with Crippen LogP contribution in [-0.4, -0.2) is 31.1 Å². The van der Waals surface area contributed by atoms with Gasteiger partial charge in [0.05, 0.1) is 5.25 Å². The third kappa shape index (κ3) is 5.01. The third-order valence-corrected chi connectivity index (χ3v) is 5.02. The molecule has 0 aliphatic rings.